The molecule has 0 radical (unpaired) electrons. The van der Waals surface area contributed by atoms with Crippen LogP contribution < -0.4 is 0 Å². The fourth-order valence-electron chi connectivity index (χ4n) is 4.12. The number of carbonyl (C=O) groups is 1. The summed E-state index contributed by atoms with van der Waals surface area (Å²) in [5.74, 6) is -0.00126. The van der Waals surface area contributed by atoms with Crippen LogP contribution in [0, 0.1) is 0 Å². The lowest BCUT2D eigenvalue weighted by Gasteiger charge is -2.37. The van der Waals surface area contributed by atoms with Gasteiger partial charge >= 0.3 is 0 Å². The summed E-state index contributed by atoms with van der Waals surface area (Å²) < 4.78 is 29.4. The summed E-state index contributed by atoms with van der Waals surface area (Å²) in [6.07, 6.45) is 2.52. The zero-order chi connectivity index (χ0) is 21.5. The molecule has 0 N–H and O–H groups in total. The maximum absolute atomic E-state index is 13.1. The first-order chi connectivity index (χ1) is 14.3. The third kappa shape index (κ3) is 4.21. The third-order valence-electron chi connectivity index (χ3n) is 5.77. The van der Waals surface area contributed by atoms with E-state index in [0.717, 1.165) is 20.9 Å². The van der Waals surface area contributed by atoms with Crippen LogP contribution in [-0.4, -0.2) is 53.5 Å². The molecule has 160 valence electrons. The van der Waals surface area contributed by atoms with Crippen molar-refractivity contribution in [3.63, 3.8) is 0 Å². The van der Waals surface area contributed by atoms with Gasteiger partial charge in [-0.05, 0) is 51.8 Å². The quantitative estimate of drug-likeness (QED) is 0.520. The molecule has 30 heavy (non-hydrogen) atoms. The van der Waals surface area contributed by atoms with E-state index in [1.807, 2.05) is 57.6 Å². The maximum Gasteiger partial charge on any atom is 0.270 e. The molecule has 1 fully saturated rings. The maximum atomic E-state index is 13.1. The Kier molecular flexibility index (Phi) is 6.07. The van der Waals surface area contributed by atoms with Crippen LogP contribution in [0.2, 0.25) is 0 Å². The van der Waals surface area contributed by atoms with Gasteiger partial charge in [-0.15, -0.1) is 0 Å². The van der Waals surface area contributed by atoms with Crippen LogP contribution in [0.1, 0.15) is 28.9 Å². The van der Waals surface area contributed by atoms with Crippen LogP contribution in [0.15, 0.2) is 45.6 Å². The second kappa shape index (κ2) is 8.45. The largest absolute Gasteiger partial charge is 0.340 e. The highest BCUT2D eigenvalue weighted by molar-refractivity contribution is 9.10. The van der Waals surface area contributed by atoms with E-state index in [9.17, 15) is 13.2 Å². The fourth-order valence-corrected chi connectivity index (χ4v) is 6.66. The number of hydrogen-bond donors (Lipinski definition) is 0. The number of benzene rings is 1. The Morgan fingerprint density at radius 2 is 1.93 bits per heavy atom. The summed E-state index contributed by atoms with van der Waals surface area (Å²) >= 11 is 5.04. The lowest BCUT2D eigenvalue weighted by Crippen LogP contribution is -2.48. The highest BCUT2D eigenvalue weighted by atomic mass is 79.9. The zero-order valence-electron chi connectivity index (χ0n) is 16.9. The normalized spacial score (nSPS) is 15.9. The predicted molar refractivity (Wildman–Crippen MR) is 124 cm³/mol. The number of thiophene rings is 1. The summed E-state index contributed by atoms with van der Waals surface area (Å²) in [5.41, 5.74) is 2.66. The number of rotatable bonds is 5. The van der Waals surface area contributed by atoms with Crippen molar-refractivity contribution in [2.75, 3.05) is 19.3 Å². The second-order valence-electron chi connectivity index (χ2n) is 7.72. The molecule has 2 aromatic heterocycles. The Balaban J connectivity index is 1.48. The molecule has 3 aromatic rings. The highest BCUT2D eigenvalue weighted by Gasteiger charge is 2.33. The van der Waals surface area contributed by atoms with Crippen LogP contribution >= 0.6 is 27.3 Å². The fraction of sp³-hybridized carbons (Fsp3) is 0.381. The van der Waals surface area contributed by atoms with Gasteiger partial charge in [0.1, 0.15) is 5.69 Å². The SMILES string of the molecule is Cn1c(C(=O)N2CCC(N(Cc3cscc3Br)S(C)(=O)=O)CC2)cc2ccccc21. The van der Waals surface area contributed by atoms with Gasteiger partial charge in [0.05, 0.1) is 6.26 Å². The van der Waals surface area contributed by atoms with Crippen molar-refractivity contribution in [2.24, 2.45) is 7.05 Å². The van der Waals surface area contributed by atoms with Crippen LogP contribution in [0.3, 0.4) is 0 Å². The molecule has 1 aliphatic heterocycles. The number of para-hydroxylation sites is 1. The lowest BCUT2D eigenvalue weighted by atomic mass is 10.0. The van der Waals surface area contributed by atoms with Crippen LogP contribution in [-0.2, 0) is 23.6 Å². The second-order valence-corrected chi connectivity index (χ2v) is 11.3. The Morgan fingerprint density at radius 3 is 2.53 bits per heavy atom. The van der Waals surface area contributed by atoms with Gasteiger partial charge in [-0.25, -0.2) is 8.42 Å². The van der Waals surface area contributed by atoms with Gasteiger partial charge < -0.3 is 9.47 Å². The summed E-state index contributed by atoms with van der Waals surface area (Å²) in [5, 5.41) is 4.98. The molecule has 1 aliphatic rings. The molecular formula is C21H24BrN3O3S2. The average molecular weight is 510 g/mol. The predicted octanol–water partition coefficient (Wildman–Crippen LogP) is 4.07. The van der Waals surface area contributed by atoms with Crippen LogP contribution in [0.4, 0.5) is 0 Å². The summed E-state index contributed by atoms with van der Waals surface area (Å²) in [6.45, 7) is 1.44. The van der Waals surface area contributed by atoms with Crippen molar-refractivity contribution >= 4 is 54.1 Å². The van der Waals surface area contributed by atoms with Crippen LogP contribution in [0.5, 0.6) is 0 Å². The number of carbonyl (C=O) groups excluding carboxylic acids is 1. The Bertz CT molecular complexity index is 1180. The van der Waals surface area contributed by atoms with E-state index in [0.29, 0.717) is 38.2 Å². The number of hydrogen-bond acceptors (Lipinski definition) is 4. The molecule has 1 saturated heterocycles. The minimum atomic E-state index is -3.36. The molecule has 0 saturated carbocycles. The van der Waals surface area contributed by atoms with Crippen molar-refractivity contribution < 1.29 is 13.2 Å². The molecule has 1 aromatic carbocycles. The van der Waals surface area contributed by atoms with Crippen LogP contribution in [0.25, 0.3) is 10.9 Å². The zero-order valence-corrected chi connectivity index (χ0v) is 20.1. The number of likely N-dealkylation sites (tertiary alicyclic amines) is 1. The summed E-state index contributed by atoms with van der Waals surface area (Å²) in [7, 11) is -1.45. The van der Waals surface area contributed by atoms with Gasteiger partial charge in [-0.1, -0.05) is 18.2 Å². The number of amides is 1. The number of aromatic nitrogens is 1. The first-order valence-electron chi connectivity index (χ1n) is 9.77. The average Bonchev–Trinajstić information content (AvgIpc) is 3.28. The molecule has 1 amide bonds. The molecule has 0 bridgehead atoms. The smallest absolute Gasteiger partial charge is 0.270 e. The first-order valence-corrected chi connectivity index (χ1v) is 13.3. The van der Waals surface area contributed by atoms with E-state index in [2.05, 4.69) is 15.9 Å². The number of fused-ring (bicyclic) bond motifs is 1. The number of piperidine rings is 1. The molecule has 6 nitrogen and oxygen atoms in total. The van der Waals surface area contributed by atoms with Gasteiger partial charge in [0.2, 0.25) is 10.0 Å². The van der Waals surface area contributed by atoms with E-state index in [4.69, 9.17) is 0 Å². The number of halogens is 1. The standard InChI is InChI=1S/C21H24BrN3O3S2/c1-23-19-6-4-3-5-15(19)11-20(23)21(26)24-9-7-17(8-10-24)25(30(2,27)28)12-16-13-29-14-18(16)22/h3-6,11,13-14,17H,7-10,12H2,1-2H3. The Morgan fingerprint density at radius 1 is 1.23 bits per heavy atom. The summed E-state index contributed by atoms with van der Waals surface area (Å²) in [4.78, 5) is 15.0. The molecule has 9 heteroatoms. The van der Waals surface area contributed by atoms with Crippen molar-refractivity contribution in [3.8, 4) is 0 Å². The van der Waals surface area contributed by atoms with Crippen molar-refractivity contribution in [1.82, 2.24) is 13.8 Å². The van der Waals surface area contributed by atoms with Gasteiger partial charge in [0.25, 0.3) is 5.91 Å². The van der Waals surface area contributed by atoms with E-state index in [1.54, 1.807) is 15.6 Å². The molecule has 0 spiro atoms. The highest BCUT2D eigenvalue weighted by Crippen LogP contribution is 2.28. The molecule has 0 atom stereocenters. The topological polar surface area (TPSA) is 62.6 Å². The number of sulfonamides is 1. The molecule has 0 aliphatic carbocycles. The first kappa shape index (κ1) is 21.5. The minimum absolute atomic E-state index is 0.00126. The van der Waals surface area contributed by atoms with Crippen molar-refractivity contribution in [3.05, 3.63) is 56.8 Å². The molecular weight excluding hydrogens is 486 g/mol. The van der Waals surface area contributed by atoms with E-state index in [1.165, 1.54) is 6.26 Å². The lowest BCUT2D eigenvalue weighted by molar-refractivity contribution is 0.0667. The Labute approximate surface area is 189 Å². The van der Waals surface area contributed by atoms with Gasteiger partial charge in [0.15, 0.2) is 0 Å². The Hall–Kier alpha value is -1.68. The van der Waals surface area contributed by atoms with Gasteiger partial charge in [-0.2, -0.15) is 15.6 Å². The van der Waals surface area contributed by atoms with Gasteiger partial charge in [0, 0.05) is 53.5 Å². The summed E-state index contributed by atoms with van der Waals surface area (Å²) in [6, 6.07) is 9.76. The monoisotopic (exact) mass is 509 g/mol. The number of aryl methyl sites for hydroxylation is 1. The third-order valence-corrected chi connectivity index (χ3v) is 8.88. The van der Waals surface area contributed by atoms with Crippen molar-refractivity contribution in [2.45, 2.75) is 25.4 Å². The molecule has 0 unspecified atom stereocenters. The van der Waals surface area contributed by atoms with E-state index < -0.39 is 10.0 Å². The minimum Gasteiger partial charge on any atom is -0.340 e. The number of nitrogens with zero attached hydrogens (tertiary/aromatic N) is 3. The molecule has 3 heterocycles. The molecule has 4 rings (SSSR count). The van der Waals surface area contributed by atoms with Gasteiger partial charge in [-0.3, -0.25) is 4.79 Å². The van der Waals surface area contributed by atoms with E-state index >= 15 is 0 Å². The van der Waals surface area contributed by atoms with Crippen molar-refractivity contribution in [1.29, 1.82) is 0 Å². The van der Waals surface area contributed by atoms with E-state index in [-0.39, 0.29) is 11.9 Å².